The summed E-state index contributed by atoms with van der Waals surface area (Å²) in [6.07, 6.45) is 5.27. The Balaban J connectivity index is 1.82. The SMILES string of the molecule is CCC1CCCCN1C(=O)CCNc1ccc(C)c(C)c1. The lowest BCUT2D eigenvalue weighted by Crippen LogP contribution is -2.43. The quantitative estimate of drug-likeness (QED) is 0.891. The van der Waals surface area contributed by atoms with Gasteiger partial charge < -0.3 is 10.2 Å². The highest BCUT2D eigenvalue weighted by atomic mass is 16.2. The molecule has 116 valence electrons. The van der Waals surface area contributed by atoms with E-state index in [2.05, 4.69) is 49.2 Å². The summed E-state index contributed by atoms with van der Waals surface area (Å²) in [7, 11) is 0. The minimum absolute atomic E-state index is 0.304. The van der Waals surface area contributed by atoms with Crippen molar-refractivity contribution in [2.24, 2.45) is 0 Å². The van der Waals surface area contributed by atoms with Crippen LogP contribution in [0.2, 0.25) is 0 Å². The molecule has 21 heavy (non-hydrogen) atoms. The van der Waals surface area contributed by atoms with Crippen molar-refractivity contribution in [2.45, 2.75) is 58.9 Å². The summed E-state index contributed by atoms with van der Waals surface area (Å²) < 4.78 is 0. The van der Waals surface area contributed by atoms with E-state index >= 15 is 0 Å². The van der Waals surface area contributed by atoms with Crippen LogP contribution < -0.4 is 5.32 Å². The number of aryl methyl sites for hydroxylation is 2. The molecule has 1 N–H and O–H groups in total. The van der Waals surface area contributed by atoms with Gasteiger partial charge in [0.05, 0.1) is 0 Å². The third-order valence-corrected chi connectivity index (χ3v) is 4.59. The Morgan fingerprint density at radius 1 is 1.29 bits per heavy atom. The minimum atomic E-state index is 0.304. The van der Waals surface area contributed by atoms with Gasteiger partial charge >= 0.3 is 0 Å². The third-order valence-electron chi connectivity index (χ3n) is 4.59. The average molecular weight is 288 g/mol. The van der Waals surface area contributed by atoms with E-state index < -0.39 is 0 Å². The fraction of sp³-hybridized carbons (Fsp3) is 0.611. The van der Waals surface area contributed by atoms with E-state index in [4.69, 9.17) is 0 Å². The second-order valence-corrected chi connectivity index (χ2v) is 6.12. The molecule has 1 aromatic carbocycles. The highest BCUT2D eigenvalue weighted by molar-refractivity contribution is 5.77. The lowest BCUT2D eigenvalue weighted by molar-refractivity contribution is -0.134. The monoisotopic (exact) mass is 288 g/mol. The topological polar surface area (TPSA) is 32.3 Å². The van der Waals surface area contributed by atoms with Crippen LogP contribution in [0.1, 0.15) is 50.2 Å². The average Bonchev–Trinajstić information content (AvgIpc) is 2.50. The number of likely N-dealkylation sites (tertiary alicyclic amines) is 1. The number of nitrogens with zero attached hydrogens (tertiary/aromatic N) is 1. The number of piperidine rings is 1. The molecule has 0 radical (unpaired) electrons. The van der Waals surface area contributed by atoms with E-state index in [1.807, 2.05) is 0 Å². The second kappa shape index (κ2) is 7.48. The van der Waals surface area contributed by atoms with Gasteiger partial charge in [-0.3, -0.25) is 4.79 Å². The van der Waals surface area contributed by atoms with Gasteiger partial charge in [0.1, 0.15) is 0 Å². The number of carbonyl (C=O) groups excluding carboxylic acids is 1. The number of benzene rings is 1. The first-order valence-electron chi connectivity index (χ1n) is 8.22. The predicted molar refractivity (Wildman–Crippen MR) is 88.7 cm³/mol. The number of rotatable bonds is 5. The number of carbonyl (C=O) groups is 1. The van der Waals surface area contributed by atoms with E-state index in [1.165, 1.54) is 24.0 Å². The number of amides is 1. The van der Waals surface area contributed by atoms with Crippen molar-refractivity contribution in [1.29, 1.82) is 0 Å². The second-order valence-electron chi connectivity index (χ2n) is 6.12. The number of hydrogen-bond acceptors (Lipinski definition) is 2. The molecule has 0 bridgehead atoms. The molecule has 0 spiro atoms. The molecule has 0 aliphatic carbocycles. The van der Waals surface area contributed by atoms with Crippen molar-refractivity contribution >= 4 is 11.6 Å². The molecule has 3 heteroatoms. The van der Waals surface area contributed by atoms with Gasteiger partial charge in [-0.25, -0.2) is 0 Å². The lowest BCUT2D eigenvalue weighted by atomic mass is 9.99. The molecule has 1 aliphatic rings. The maximum absolute atomic E-state index is 12.4. The fourth-order valence-corrected chi connectivity index (χ4v) is 3.06. The smallest absolute Gasteiger partial charge is 0.224 e. The Kier molecular flexibility index (Phi) is 5.66. The molecule has 1 amide bonds. The standard InChI is InChI=1S/C18H28N2O/c1-4-17-7-5-6-12-20(17)18(21)10-11-19-16-9-8-14(2)15(3)13-16/h8-9,13,17,19H,4-7,10-12H2,1-3H3. The van der Waals surface area contributed by atoms with Crippen LogP contribution in [0.25, 0.3) is 0 Å². The van der Waals surface area contributed by atoms with Gasteiger partial charge in [0.2, 0.25) is 5.91 Å². The zero-order valence-electron chi connectivity index (χ0n) is 13.6. The van der Waals surface area contributed by atoms with E-state index in [1.54, 1.807) is 0 Å². The van der Waals surface area contributed by atoms with Crippen LogP contribution in [0.3, 0.4) is 0 Å². The van der Waals surface area contributed by atoms with E-state index in [0.29, 0.717) is 24.9 Å². The lowest BCUT2D eigenvalue weighted by Gasteiger charge is -2.35. The normalized spacial score (nSPS) is 18.6. The van der Waals surface area contributed by atoms with Gasteiger partial charge in [0.25, 0.3) is 0 Å². The van der Waals surface area contributed by atoms with Crippen LogP contribution in [-0.2, 0) is 4.79 Å². The van der Waals surface area contributed by atoms with Crippen molar-refractivity contribution in [1.82, 2.24) is 4.90 Å². The summed E-state index contributed by atoms with van der Waals surface area (Å²) in [4.78, 5) is 14.5. The molecular formula is C18H28N2O. The molecule has 1 aliphatic heterocycles. The van der Waals surface area contributed by atoms with E-state index in [0.717, 1.165) is 25.1 Å². The van der Waals surface area contributed by atoms with Crippen molar-refractivity contribution in [2.75, 3.05) is 18.4 Å². The number of hydrogen-bond donors (Lipinski definition) is 1. The first-order valence-corrected chi connectivity index (χ1v) is 8.22. The Labute approximate surface area is 128 Å². The predicted octanol–water partition coefficient (Wildman–Crippen LogP) is 3.90. The summed E-state index contributed by atoms with van der Waals surface area (Å²) in [5, 5.41) is 3.37. The van der Waals surface area contributed by atoms with E-state index in [-0.39, 0.29) is 0 Å². The largest absolute Gasteiger partial charge is 0.385 e. The zero-order valence-corrected chi connectivity index (χ0v) is 13.6. The van der Waals surface area contributed by atoms with Crippen LogP contribution in [0, 0.1) is 13.8 Å². The van der Waals surface area contributed by atoms with Gasteiger partial charge in [-0.05, 0) is 62.8 Å². The fourth-order valence-electron chi connectivity index (χ4n) is 3.06. The molecule has 1 atom stereocenters. The number of anilines is 1. The van der Waals surface area contributed by atoms with Crippen molar-refractivity contribution in [3.05, 3.63) is 29.3 Å². The Hall–Kier alpha value is -1.51. The Morgan fingerprint density at radius 3 is 2.81 bits per heavy atom. The maximum Gasteiger partial charge on any atom is 0.224 e. The highest BCUT2D eigenvalue weighted by Crippen LogP contribution is 2.20. The molecule has 0 saturated carbocycles. The highest BCUT2D eigenvalue weighted by Gasteiger charge is 2.24. The van der Waals surface area contributed by atoms with Crippen molar-refractivity contribution in [3.63, 3.8) is 0 Å². The summed E-state index contributed by atoms with van der Waals surface area (Å²) >= 11 is 0. The van der Waals surface area contributed by atoms with Crippen LogP contribution in [0.15, 0.2) is 18.2 Å². The number of nitrogens with one attached hydrogen (secondary N) is 1. The summed E-state index contributed by atoms with van der Waals surface area (Å²) in [6, 6.07) is 6.82. The molecular weight excluding hydrogens is 260 g/mol. The van der Waals surface area contributed by atoms with Crippen molar-refractivity contribution < 1.29 is 4.79 Å². The molecule has 1 aromatic rings. The van der Waals surface area contributed by atoms with Crippen LogP contribution in [0.5, 0.6) is 0 Å². The van der Waals surface area contributed by atoms with E-state index in [9.17, 15) is 4.79 Å². The first-order chi connectivity index (χ1) is 10.1. The molecule has 1 unspecified atom stereocenters. The molecule has 0 aromatic heterocycles. The van der Waals surface area contributed by atoms with Crippen LogP contribution in [0.4, 0.5) is 5.69 Å². The van der Waals surface area contributed by atoms with Crippen molar-refractivity contribution in [3.8, 4) is 0 Å². The van der Waals surface area contributed by atoms with Gasteiger partial charge in [-0.2, -0.15) is 0 Å². The Morgan fingerprint density at radius 2 is 2.10 bits per heavy atom. The molecule has 1 heterocycles. The molecule has 1 fully saturated rings. The zero-order chi connectivity index (χ0) is 15.2. The molecule has 3 nitrogen and oxygen atoms in total. The molecule has 1 saturated heterocycles. The summed E-state index contributed by atoms with van der Waals surface area (Å²) in [5.74, 6) is 0.304. The summed E-state index contributed by atoms with van der Waals surface area (Å²) in [6.45, 7) is 8.08. The van der Waals surface area contributed by atoms with Gasteiger partial charge in [0, 0.05) is 31.2 Å². The Bertz CT molecular complexity index is 484. The van der Waals surface area contributed by atoms with Crippen LogP contribution in [-0.4, -0.2) is 29.9 Å². The first kappa shape index (κ1) is 15.9. The van der Waals surface area contributed by atoms with Gasteiger partial charge in [-0.1, -0.05) is 13.0 Å². The van der Waals surface area contributed by atoms with Crippen LogP contribution >= 0.6 is 0 Å². The minimum Gasteiger partial charge on any atom is -0.385 e. The maximum atomic E-state index is 12.4. The van der Waals surface area contributed by atoms with Gasteiger partial charge in [-0.15, -0.1) is 0 Å². The molecule has 2 rings (SSSR count). The summed E-state index contributed by atoms with van der Waals surface area (Å²) in [5.41, 5.74) is 3.70. The third kappa shape index (κ3) is 4.23. The van der Waals surface area contributed by atoms with Gasteiger partial charge in [0.15, 0.2) is 0 Å².